The molecule has 2 aliphatic heterocycles. The van der Waals surface area contributed by atoms with Crippen molar-refractivity contribution in [2.45, 2.75) is 50.7 Å². The molecule has 3 heterocycles. The van der Waals surface area contributed by atoms with Crippen LogP contribution in [0.2, 0.25) is 0 Å². The Hall–Kier alpha value is -2.38. The normalized spacial score (nSPS) is 20.7. The molecular formula is C24H35N5O2. The smallest absolute Gasteiger partial charge is 0.193 e. The molecule has 0 amide bonds. The van der Waals surface area contributed by atoms with Crippen LogP contribution in [0.4, 0.5) is 0 Å². The zero-order valence-corrected chi connectivity index (χ0v) is 18.6. The lowest BCUT2D eigenvalue weighted by Gasteiger charge is -2.35. The number of nitrogens with zero attached hydrogens (tertiary/aromatic N) is 4. The lowest BCUT2D eigenvalue weighted by molar-refractivity contribution is -0.0721. The summed E-state index contributed by atoms with van der Waals surface area (Å²) in [6, 6.07) is 10.5. The van der Waals surface area contributed by atoms with Gasteiger partial charge in [0.1, 0.15) is 0 Å². The Bertz CT molecular complexity index is 792. The summed E-state index contributed by atoms with van der Waals surface area (Å²) in [5.74, 6) is 0.988. The number of likely N-dealkylation sites (tertiary alicyclic amines) is 1. The number of hydrogen-bond donors (Lipinski definition) is 1. The van der Waals surface area contributed by atoms with Crippen molar-refractivity contribution in [3.05, 3.63) is 48.3 Å². The van der Waals surface area contributed by atoms with Crippen LogP contribution in [-0.4, -0.2) is 72.7 Å². The molecule has 0 radical (unpaired) electrons. The van der Waals surface area contributed by atoms with Crippen molar-refractivity contribution in [2.24, 2.45) is 4.99 Å². The maximum Gasteiger partial charge on any atom is 0.193 e. The molecule has 7 heteroatoms. The van der Waals surface area contributed by atoms with Crippen LogP contribution >= 0.6 is 0 Å². The highest BCUT2D eigenvalue weighted by Crippen LogP contribution is 2.18. The summed E-state index contributed by atoms with van der Waals surface area (Å²) in [6.45, 7) is 4.46. The van der Waals surface area contributed by atoms with Crippen LogP contribution in [0, 0.1) is 0 Å². The van der Waals surface area contributed by atoms with E-state index >= 15 is 0 Å². The highest BCUT2D eigenvalue weighted by Gasteiger charge is 2.23. The van der Waals surface area contributed by atoms with Gasteiger partial charge in [-0.15, -0.1) is 0 Å². The highest BCUT2D eigenvalue weighted by atomic mass is 16.5. The number of piperidine rings is 1. The predicted molar refractivity (Wildman–Crippen MR) is 123 cm³/mol. The first-order chi connectivity index (χ1) is 15.3. The van der Waals surface area contributed by atoms with Gasteiger partial charge in [0.15, 0.2) is 5.96 Å². The first kappa shape index (κ1) is 21.8. The van der Waals surface area contributed by atoms with Crippen molar-refractivity contribution in [3.63, 3.8) is 0 Å². The maximum absolute atomic E-state index is 6.14. The second-order valence-electron chi connectivity index (χ2n) is 8.35. The van der Waals surface area contributed by atoms with Gasteiger partial charge in [0.2, 0.25) is 0 Å². The quantitative estimate of drug-likeness (QED) is 0.546. The minimum atomic E-state index is 0.301. The molecule has 1 N–H and O–H groups in total. The SMILES string of the molecule is CN=C(NCCc1ccc(-n2cccn2)cc1)N1CCC(OCC2CCCCO2)CC1. The Morgan fingerprint density at radius 1 is 1.19 bits per heavy atom. The molecule has 1 unspecified atom stereocenters. The number of nitrogens with one attached hydrogen (secondary N) is 1. The standard InChI is InChI=1S/C24H35N5O2/c1-25-24(26-14-10-20-6-8-21(9-7-20)29-15-4-13-27-29)28-16-11-22(12-17-28)31-19-23-5-2-3-18-30-23/h4,6-9,13,15,22-23H,2-3,5,10-12,14,16-19H2,1H3,(H,25,26). The third-order valence-corrected chi connectivity index (χ3v) is 6.15. The Kier molecular flexibility index (Phi) is 7.96. The van der Waals surface area contributed by atoms with Crippen LogP contribution in [0.5, 0.6) is 0 Å². The van der Waals surface area contributed by atoms with E-state index in [1.165, 1.54) is 18.4 Å². The lowest BCUT2D eigenvalue weighted by Crippen LogP contribution is -2.47. The number of rotatable bonds is 7. The van der Waals surface area contributed by atoms with E-state index in [0.717, 1.165) is 70.2 Å². The number of aromatic nitrogens is 2. The van der Waals surface area contributed by atoms with Crippen LogP contribution in [0.3, 0.4) is 0 Å². The fourth-order valence-electron chi connectivity index (χ4n) is 4.30. The van der Waals surface area contributed by atoms with Crippen LogP contribution in [0.25, 0.3) is 5.69 Å². The van der Waals surface area contributed by atoms with Crippen molar-refractivity contribution < 1.29 is 9.47 Å². The number of benzene rings is 1. The van der Waals surface area contributed by atoms with Crippen molar-refractivity contribution in [1.29, 1.82) is 0 Å². The molecule has 2 saturated heterocycles. The van der Waals surface area contributed by atoms with Gasteiger partial charge in [-0.3, -0.25) is 4.99 Å². The first-order valence-corrected chi connectivity index (χ1v) is 11.6. The molecule has 1 aromatic heterocycles. The number of hydrogen-bond acceptors (Lipinski definition) is 4. The number of ether oxygens (including phenoxy) is 2. The van der Waals surface area contributed by atoms with E-state index in [0.29, 0.717) is 12.2 Å². The Balaban J connectivity index is 1.16. The van der Waals surface area contributed by atoms with E-state index in [2.05, 4.69) is 44.6 Å². The summed E-state index contributed by atoms with van der Waals surface area (Å²) in [5, 5.41) is 7.80. The summed E-state index contributed by atoms with van der Waals surface area (Å²) in [4.78, 5) is 6.84. The molecule has 4 rings (SSSR count). The van der Waals surface area contributed by atoms with E-state index in [4.69, 9.17) is 9.47 Å². The Morgan fingerprint density at radius 2 is 2.03 bits per heavy atom. The molecule has 168 valence electrons. The average molecular weight is 426 g/mol. The van der Waals surface area contributed by atoms with Gasteiger partial charge in [0, 0.05) is 45.7 Å². The monoisotopic (exact) mass is 425 g/mol. The molecule has 2 fully saturated rings. The lowest BCUT2D eigenvalue weighted by atomic mass is 10.1. The van der Waals surface area contributed by atoms with Gasteiger partial charge in [-0.25, -0.2) is 4.68 Å². The summed E-state index contributed by atoms with van der Waals surface area (Å²) in [7, 11) is 1.87. The zero-order chi connectivity index (χ0) is 21.3. The number of aliphatic imine (C=N–C) groups is 1. The van der Waals surface area contributed by atoms with Gasteiger partial charge in [0.05, 0.1) is 24.5 Å². The van der Waals surface area contributed by atoms with Crippen molar-refractivity contribution >= 4 is 5.96 Å². The van der Waals surface area contributed by atoms with Crippen molar-refractivity contribution in [3.8, 4) is 5.69 Å². The van der Waals surface area contributed by atoms with Crippen LogP contribution in [-0.2, 0) is 15.9 Å². The maximum atomic E-state index is 6.14. The van der Waals surface area contributed by atoms with Crippen LogP contribution in [0.15, 0.2) is 47.7 Å². The average Bonchev–Trinajstić information content (AvgIpc) is 3.37. The van der Waals surface area contributed by atoms with E-state index in [1.807, 2.05) is 24.0 Å². The molecule has 0 bridgehead atoms. The van der Waals surface area contributed by atoms with E-state index in [-0.39, 0.29) is 0 Å². The van der Waals surface area contributed by atoms with Crippen molar-refractivity contribution in [1.82, 2.24) is 20.0 Å². The highest BCUT2D eigenvalue weighted by molar-refractivity contribution is 5.80. The molecule has 1 aromatic carbocycles. The molecule has 2 aliphatic rings. The molecule has 31 heavy (non-hydrogen) atoms. The van der Waals surface area contributed by atoms with E-state index < -0.39 is 0 Å². The number of guanidine groups is 1. The van der Waals surface area contributed by atoms with Gasteiger partial charge < -0.3 is 19.7 Å². The largest absolute Gasteiger partial charge is 0.376 e. The van der Waals surface area contributed by atoms with Gasteiger partial charge in [-0.2, -0.15) is 5.10 Å². The van der Waals surface area contributed by atoms with Gasteiger partial charge in [-0.1, -0.05) is 12.1 Å². The van der Waals surface area contributed by atoms with Gasteiger partial charge in [0.25, 0.3) is 0 Å². The Labute approximate surface area is 185 Å². The van der Waals surface area contributed by atoms with Crippen LogP contribution < -0.4 is 5.32 Å². The molecule has 0 spiro atoms. The minimum Gasteiger partial charge on any atom is -0.376 e. The first-order valence-electron chi connectivity index (χ1n) is 11.6. The van der Waals surface area contributed by atoms with Gasteiger partial charge in [-0.05, 0) is 62.3 Å². The second-order valence-corrected chi connectivity index (χ2v) is 8.35. The summed E-state index contributed by atoms with van der Waals surface area (Å²) in [5.41, 5.74) is 2.38. The molecule has 7 nitrogen and oxygen atoms in total. The fourth-order valence-corrected chi connectivity index (χ4v) is 4.30. The Morgan fingerprint density at radius 3 is 2.71 bits per heavy atom. The molecular weight excluding hydrogens is 390 g/mol. The molecule has 1 atom stereocenters. The molecule has 0 aliphatic carbocycles. The van der Waals surface area contributed by atoms with Crippen molar-refractivity contribution in [2.75, 3.05) is 39.9 Å². The minimum absolute atomic E-state index is 0.301. The zero-order valence-electron chi connectivity index (χ0n) is 18.6. The summed E-state index contributed by atoms with van der Waals surface area (Å²) < 4.78 is 13.8. The topological polar surface area (TPSA) is 63.9 Å². The summed E-state index contributed by atoms with van der Waals surface area (Å²) >= 11 is 0. The van der Waals surface area contributed by atoms with E-state index in [1.54, 1.807) is 6.20 Å². The van der Waals surface area contributed by atoms with Crippen LogP contribution in [0.1, 0.15) is 37.7 Å². The predicted octanol–water partition coefficient (Wildman–Crippen LogP) is 3.04. The summed E-state index contributed by atoms with van der Waals surface area (Å²) in [6.07, 6.45) is 11.0. The molecule has 2 aromatic rings. The van der Waals surface area contributed by atoms with Gasteiger partial charge >= 0.3 is 0 Å². The van der Waals surface area contributed by atoms with E-state index in [9.17, 15) is 0 Å². The second kappa shape index (κ2) is 11.3. The third kappa shape index (κ3) is 6.31. The third-order valence-electron chi connectivity index (χ3n) is 6.15. The fraction of sp³-hybridized carbons (Fsp3) is 0.583. The molecule has 0 saturated carbocycles.